The van der Waals surface area contributed by atoms with Crippen LogP contribution in [0, 0.1) is 0 Å². The highest BCUT2D eigenvalue weighted by Gasteiger charge is 2.65. The van der Waals surface area contributed by atoms with E-state index in [-0.39, 0.29) is 24.3 Å². The fourth-order valence-electron chi connectivity index (χ4n) is 3.95. The molecular formula is C16H21NO2. The first kappa shape index (κ1) is 12.9. The third-order valence-corrected chi connectivity index (χ3v) is 5.04. The van der Waals surface area contributed by atoms with E-state index in [1.165, 1.54) is 5.56 Å². The maximum Gasteiger partial charge on any atom is 0.0680 e. The van der Waals surface area contributed by atoms with E-state index in [4.69, 9.17) is 0 Å². The van der Waals surface area contributed by atoms with Gasteiger partial charge >= 0.3 is 0 Å². The van der Waals surface area contributed by atoms with Crippen LogP contribution in [0.15, 0.2) is 42.5 Å². The van der Waals surface area contributed by atoms with E-state index >= 15 is 0 Å². The lowest BCUT2D eigenvalue weighted by Gasteiger charge is -2.70. The normalized spacial score (nSPS) is 34.1. The molecule has 1 aliphatic carbocycles. The lowest BCUT2D eigenvalue weighted by molar-refractivity contribution is -0.158. The van der Waals surface area contributed by atoms with Crippen molar-refractivity contribution in [2.24, 2.45) is 0 Å². The number of benzene rings is 1. The van der Waals surface area contributed by atoms with Gasteiger partial charge in [0.15, 0.2) is 0 Å². The minimum absolute atomic E-state index is 0.0976. The summed E-state index contributed by atoms with van der Waals surface area (Å²) in [5.41, 5.74) is 1.62. The Morgan fingerprint density at radius 1 is 1.05 bits per heavy atom. The predicted octanol–water partition coefficient (Wildman–Crippen LogP) is 1.70. The number of piperidine rings is 1. The molecular weight excluding hydrogens is 238 g/mol. The Morgan fingerprint density at radius 2 is 1.63 bits per heavy atom. The molecule has 0 amide bonds. The molecule has 1 aliphatic heterocycles. The van der Waals surface area contributed by atoms with Gasteiger partial charge in [0.05, 0.1) is 24.3 Å². The zero-order chi connectivity index (χ0) is 13.5. The summed E-state index contributed by atoms with van der Waals surface area (Å²) < 4.78 is 0. The van der Waals surface area contributed by atoms with Gasteiger partial charge in [0.1, 0.15) is 0 Å². The molecule has 2 atom stereocenters. The second-order valence-corrected chi connectivity index (χ2v) is 5.78. The number of rotatable bonds is 4. The van der Waals surface area contributed by atoms with E-state index in [9.17, 15) is 10.2 Å². The molecule has 0 spiro atoms. The smallest absolute Gasteiger partial charge is 0.0680 e. The summed E-state index contributed by atoms with van der Waals surface area (Å²) in [4.78, 5) is 2.27. The molecule has 1 heterocycles. The van der Waals surface area contributed by atoms with Gasteiger partial charge in [0, 0.05) is 6.54 Å². The van der Waals surface area contributed by atoms with Crippen molar-refractivity contribution in [3.05, 3.63) is 48.0 Å². The average molecular weight is 259 g/mol. The van der Waals surface area contributed by atoms with Crippen LogP contribution in [0.4, 0.5) is 0 Å². The summed E-state index contributed by atoms with van der Waals surface area (Å²) in [6.07, 6.45) is 2.93. The van der Waals surface area contributed by atoms with E-state index < -0.39 is 0 Å². The average Bonchev–Trinajstić information content (AvgIpc) is 2.49. The summed E-state index contributed by atoms with van der Waals surface area (Å²) in [5.74, 6) is 0. The van der Waals surface area contributed by atoms with Gasteiger partial charge < -0.3 is 10.2 Å². The van der Waals surface area contributed by atoms with Crippen molar-refractivity contribution in [2.75, 3.05) is 13.2 Å². The maximum atomic E-state index is 9.83. The Kier molecular flexibility index (Phi) is 3.01. The lowest BCUT2D eigenvalue weighted by Crippen LogP contribution is -2.80. The number of aliphatic hydroxyl groups excluding tert-OH is 2. The van der Waals surface area contributed by atoms with Crippen molar-refractivity contribution < 1.29 is 10.2 Å². The van der Waals surface area contributed by atoms with Gasteiger partial charge in [0.25, 0.3) is 0 Å². The molecule has 3 heteroatoms. The first-order chi connectivity index (χ1) is 9.19. The molecule has 1 saturated carbocycles. The molecule has 2 N–H and O–H groups in total. The molecule has 1 aromatic carbocycles. The number of likely N-dealkylation sites (tertiary alicyclic amines) is 1. The molecule has 102 valence electrons. The maximum absolute atomic E-state index is 9.83. The van der Waals surface area contributed by atoms with Gasteiger partial charge in [-0.05, 0) is 30.4 Å². The van der Waals surface area contributed by atoms with Crippen molar-refractivity contribution >= 4 is 0 Å². The van der Waals surface area contributed by atoms with E-state index in [2.05, 4.69) is 23.6 Å². The molecule has 3 rings (SSSR count). The molecule has 2 bridgehead atoms. The quantitative estimate of drug-likeness (QED) is 0.809. The van der Waals surface area contributed by atoms with Gasteiger partial charge in [-0.15, -0.1) is 0 Å². The highest BCUT2D eigenvalue weighted by Crippen LogP contribution is 2.58. The zero-order valence-corrected chi connectivity index (χ0v) is 11.2. The molecule has 0 radical (unpaired) electrons. The van der Waals surface area contributed by atoms with Gasteiger partial charge in [-0.25, -0.2) is 0 Å². The zero-order valence-electron chi connectivity index (χ0n) is 11.2. The SMILES string of the molecule is C=C1C2(CO)CCCC1(CO)N2Cc1ccccc1. The van der Waals surface area contributed by atoms with Crippen LogP contribution < -0.4 is 0 Å². The van der Waals surface area contributed by atoms with Crippen molar-refractivity contribution in [1.29, 1.82) is 0 Å². The number of nitrogens with zero attached hydrogens (tertiary/aromatic N) is 1. The number of fused-ring (bicyclic) bond motifs is 2. The van der Waals surface area contributed by atoms with Crippen LogP contribution in [0.1, 0.15) is 24.8 Å². The lowest BCUT2D eigenvalue weighted by atomic mass is 9.56. The van der Waals surface area contributed by atoms with Gasteiger partial charge in [-0.2, -0.15) is 0 Å². The second kappa shape index (κ2) is 4.44. The molecule has 2 aliphatic rings. The van der Waals surface area contributed by atoms with E-state index in [1.807, 2.05) is 18.2 Å². The third kappa shape index (κ3) is 1.55. The van der Waals surface area contributed by atoms with Crippen LogP contribution in [0.2, 0.25) is 0 Å². The minimum atomic E-state index is -0.309. The molecule has 3 nitrogen and oxygen atoms in total. The predicted molar refractivity (Wildman–Crippen MR) is 74.6 cm³/mol. The van der Waals surface area contributed by atoms with Crippen LogP contribution in [0.3, 0.4) is 0 Å². The number of aliphatic hydroxyl groups is 2. The van der Waals surface area contributed by atoms with Crippen molar-refractivity contribution in [2.45, 2.75) is 36.9 Å². The minimum Gasteiger partial charge on any atom is -0.394 e. The van der Waals surface area contributed by atoms with Crippen molar-refractivity contribution in [1.82, 2.24) is 4.90 Å². The summed E-state index contributed by atoms with van der Waals surface area (Å²) in [7, 11) is 0. The molecule has 0 aromatic heterocycles. The molecule has 1 saturated heterocycles. The van der Waals surface area contributed by atoms with Crippen LogP contribution in [-0.2, 0) is 6.54 Å². The Bertz CT molecular complexity index is 465. The standard InChI is InChI=1S/C16H21NO2/c1-13-15(11-18)8-5-9-16(13,12-19)17(15)10-14-6-3-2-4-7-14/h2-4,6-7,18-19H,1,5,8-12H2. The molecule has 2 fully saturated rings. The third-order valence-electron chi connectivity index (χ3n) is 5.04. The van der Waals surface area contributed by atoms with Crippen molar-refractivity contribution in [3.63, 3.8) is 0 Å². The Labute approximate surface area is 114 Å². The van der Waals surface area contributed by atoms with E-state index in [0.29, 0.717) is 0 Å². The fraction of sp³-hybridized carbons (Fsp3) is 0.500. The second-order valence-electron chi connectivity index (χ2n) is 5.78. The first-order valence-electron chi connectivity index (χ1n) is 6.93. The largest absolute Gasteiger partial charge is 0.394 e. The van der Waals surface area contributed by atoms with Crippen LogP contribution in [0.25, 0.3) is 0 Å². The number of hydrogen-bond donors (Lipinski definition) is 2. The van der Waals surface area contributed by atoms with Crippen LogP contribution in [0.5, 0.6) is 0 Å². The number of hydrogen-bond acceptors (Lipinski definition) is 3. The van der Waals surface area contributed by atoms with Crippen molar-refractivity contribution in [3.8, 4) is 0 Å². The van der Waals surface area contributed by atoms with Gasteiger partial charge in [0.2, 0.25) is 0 Å². The first-order valence-corrected chi connectivity index (χ1v) is 6.93. The summed E-state index contributed by atoms with van der Waals surface area (Å²) in [6.45, 7) is 5.12. The summed E-state index contributed by atoms with van der Waals surface area (Å²) >= 11 is 0. The summed E-state index contributed by atoms with van der Waals surface area (Å²) in [5, 5.41) is 19.7. The van der Waals surface area contributed by atoms with Crippen LogP contribution in [-0.4, -0.2) is 39.4 Å². The van der Waals surface area contributed by atoms with Gasteiger partial charge in [-0.3, -0.25) is 4.90 Å². The summed E-state index contributed by atoms with van der Waals surface area (Å²) in [6, 6.07) is 10.2. The molecule has 19 heavy (non-hydrogen) atoms. The monoisotopic (exact) mass is 259 g/mol. The van der Waals surface area contributed by atoms with E-state index in [0.717, 1.165) is 31.4 Å². The Balaban J connectivity index is 1.92. The Hall–Kier alpha value is -1.16. The molecule has 1 aromatic rings. The highest BCUT2D eigenvalue weighted by molar-refractivity contribution is 5.44. The molecule has 2 unspecified atom stereocenters. The fourth-order valence-corrected chi connectivity index (χ4v) is 3.95. The highest BCUT2D eigenvalue weighted by atomic mass is 16.3. The van der Waals surface area contributed by atoms with E-state index in [1.54, 1.807) is 0 Å². The Morgan fingerprint density at radius 3 is 2.16 bits per heavy atom. The van der Waals surface area contributed by atoms with Gasteiger partial charge in [-0.1, -0.05) is 36.9 Å². The topological polar surface area (TPSA) is 43.7 Å². The van der Waals surface area contributed by atoms with Crippen LogP contribution >= 0.6 is 0 Å².